The second-order valence-electron chi connectivity index (χ2n) is 3.13. The summed E-state index contributed by atoms with van der Waals surface area (Å²) in [5.74, 6) is 3.45. The van der Waals surface area contributed by atoms with E-state index < -0.39 is 17.6 Å². The lowest BCUT2D eigenvalue weighted by Gasteiger charge is -2.17. The zero-order chi connectivity index (χ0) is 11.4. The lowest BCUT2D eigenvalue weighted by atomic mass is 10.3. The molecule has 15 heavy (non-hydrogen) atoms. The zero-order valence-electron chi connectivity index (χ0n) is 8.41. The van der Waals surface area contributed by atoms with Crippen LogP contribution in [0.2, 0.25) is 0 Å². The van der Waals surface area contributed by atoms with Crippen molar-refractivity contribution in [2.75, 3.05) is 20.1 Å². The molecular weight excluding hydrogens is 200 g/mol. The molecule has 0 saturated carbocycles. The Hall–Kier alpha value is -1.60. The standard InChI is InChI=1S/C8H14N4O3/c1-10-3-2-4-12(9)5-6(13)8(15)11-7(5)14/h10H,2-4,9H2,1H3,(H2,11,13,14,15). The normalized spacial score (nSPS) is 15.9. The molecular formula is C8H14N4O3. The number of carbonyl (C=O) groups excluding carboxylic acids is 2. The third-order valence-corrected chi connectivity index (χ3v) is 1.99. The van der Waals surface area contributed by atoms with Crippen molar-refractivity contribution in [1.29, 1.82) is 0 Å². The molecule has 0 unspecified atom stereocenters. The van der Waals surface area contributed by atoms with E-state index in [2.05, 4.69) is 5.32 Å². The van der Waals surface area contributed by atoms with Gasteiger partial charge in [0.2, 0.25) is 5.76 Å². The van der Waals surface area contributed by atoms with Crippen LogP contribution in [0.4, 0.5) is 0 Å². The van der Waals surface area contributed by atoms with Gasteiger partial charge in [-0.15, -0.1) is 0 Å². The van der Waals surface area contributed by atoms with Crippen molar-refractivity contribution in [3.8, 4) is 0 Å². The minimum absolute atomic E-state index is 0.170. The Morgan fingerprint density at radius 3 is 2.60 bits per heavy atom. The van der Waals surface area contributed by atoms with Crippen molar-refractivity contribution >= 4 is 11.8 Å². The summed E-state index contributed by atoms with van der Waals surface area (Å²) in [6.45, 7) is 1.11. The molecule has 0 aliphatic carbocycles. The summed E-state index contributed by atoms with van der Waals surface area (Å²) < 4.78 is 0. The maximum absolute atomic E-state index is 11.2. The van der Waals surface area contributed by atoms with E-state index in [0.717, 1.165) is 11.6 Å². The number of imide groups is 1. The van der Waals surface area contributed by atoms with Gasteiger partial charge in [-0.25, -0.2) is 5.84 Å². The molecule has 1 aliphatic rings. The second kappa shape index (κ2) is 4.76. The first kappa shape index (κ1) is 11.5. The monoisotopic (exact) mass is 214 g/mol. The van der Waals surface area contributed by atoms with E-state index in [-0.39, 0.29) is 5.70 Å². The van der Waals surface area contributed by atoms with Crippen LogP contribution in [0.3, 0.4) is 0 Å². The Balaban J connectivity index is 2.62. The molecule has 0 atom stereocenters. The minimum Gasteiger partial charge on any atom is -0.501 e. The molecule has 0 saturated heterocycles. The highest BCUT2D eigenvalue weighted by atomic mass is 16.3. The van der Waals surface area contributed by atoms with Gasteiger partial charge in [0.05, 0.1) is 0 Å². The molecule has 0 aromatic heterocycles. The second-order valence-corrected chi connectivity index (χ2v) is 3.13. The molecule has 2 amide bonds. The molecule has 0 fully saturated rings. The van der Waals surface area contributed by atoms with E-state index in [1.54, 1.807) is 7.05 Å². The molecule has 0 radical (unpaired) electrons. The van der Waals surface area contributed by atoms with Crippen LogP contribution in [0, 0.1) is 0 Å². The van der Waals surface area contributed by atoms with E-state index in [0.29, 0.717) is 13.0 Å². The Labute approximate surface area is 86.9 Å². The number of carbonyl (C=O) groups is 2. The largest absolute Gasteiger partial charge is 0.501 e. The summed E-state index contributed by atoms with van der Waals surface area (Å²) in [4.78, 5) is 22.1. The lowest BCUT2D eigenvalue weighted by Crippen LogP contribution is -2.37. The third-order valence-electron chi connectivity index (χ3n) is 1.99. The van der Waals surface area contributed by atoms with Crippen LogP contribution in [-0.2, 0) is 9.59 Å². The summed E-state index contributed by atoms with van der Waals surface area (Å²) in [6, 6.07) is 0. The molecule has 0 aromatic rings. The van der Waals surface area contributed by atoms with Gasteiger partial charge >= 0.3 is 0 Å². The minimum atomic E-state index is -0.806. The fourth-order valence-electron chi connectivity index (χ4n) is 1.24. The first-order valence-corrected chi connectivity index (χ1v) is 4.53. The number of nitrogens with one attached hydrogen (secondary N) is 2. The molecule has 84 valence electrons. The SMILES string of the molecule is CNCCCN(N)C1=C(O)C(=O)NC1=O. The topological polar surface area (TPSA) is 108 Å². The first-order chi connectivity index (χ1) is 7.07. The molecule has 5 N–H and O–H groups in total. The molecule has 7 heteroatoms. The Kier molecular flexibility index (Phi) is 3.64. The van der Waals surface area contributed by atoms with Crippen LogP contribution in [0.1, 0.15) is 6.42 Å². The Bertz CT molecular complexity index is 313. The van der Waals surface area contributed by atoms with Crippen LogP contribution < -0.4 is 16.5 Å². The predicted molar refractivity (Wildman–Crippen MR) is 52.2 cm³/mol. The van der Waals surface area contributed by atoms with Crippen molar-refractivity contribution in [2.24, 2.45) is 5.84 Å². The molecule has 1 aliphatic heterocycles. The van der Waals surface area contributed by atoms with Crippen LogP contribution in [-0.4, -0.2) is 42.1 Å². The van der Waals surface area contributed by atoms with Crippen LogP contribution >= 0.6 is 0 Å². The lowest BCUT2D eigenvalue weighted by molar-refractivity contribution is -0.125. The molecule has 0 bridgehead atoms. The maximum atomic E-state index is 11.2. The first-order valence-electron chi connectivity index (χ1n) is 4.53. The van der Waals surface area contributed by atoms with Gasteiger partial charge in [-0.2, -0.15) is 0 Å². The van der Waals surface area contributed by atoms with E-state index in [1.807, 2.05) is 5.32 Å². The number of aliphatic hydroxyl groups excluding tert-OH is 1. The molecule has 0 spiro atoms. The number of amides is 2. The number of aliphatic hydroxyl groups is 1. The summed E-state index contributed by atoms with van der Waals surface area (Å²) in [5, 5.41) is 15.2. The number of rotatable bonds is 5. The van der Waals surface area contributed by atoms with Crippen molar-refractivity contribution < 1.29 is 14.7 Å². The van der Waals surface area contributed by atoms with Gasteiger partial charge in [0, 0.05) is 6.54 Å². The van der Waals surface area contributed by atoms with E-state index in [4.69, 9.17) is 5.84 Å². The quantitative estimate of drug-likeness (QED) is 0.186. The van der Waals surface area contributed by atoms with Crippen LogP contribution in [0.25, 0.3) is 0 Å². The Morgan fingerprint density at radius 1 is 1.47 bits per heavy atom. The molecule has 7 nitrogen and oxygen atoms in total. The van der Waals surface area contributed by atoms with Crippen molar-refractivity contribution in [2.45, 2.75) is 6.42 Å². The fraction of sp³-hybridized carbons (Fsp3) is 0.500. The average Bonchev–Trinajstić information content (AvgIpc) is 2.41. The van der Waals surface area contributed by atoms with Crippen molar-refractivity contribution in [3.05, 3.63) is 11.5 Å². The van der Waals surface area contributed by atoms with Gasteiger partial charge in [-0.1, -0.05) is 0 Å². The van der Waals surface area contributed by atoms with Crippen molar-refractivity contribution in [1.82, 2.24) is 15.6 Å². The van der Waals surface area contributed by atoms with Gasteiger partial charge < -0.3 is 15.4 Å². The average molecular weight is 214 g/mol. The highest BCUT2D eigenvalue weighted by Crippen LogP contribution is 2.11. The molecule has 1 rings (SSSR count). The van der Waals surface area contributed by atoms with E-state index in [9.17, 15) is 14.7 Å². The molecule has 1 heterocycles. The number of hydrogen-bond donors (Lipinski definition) is 4. The van der Waals surface area contributed by atoms with Gasteiger partial charge in [0.25, 0.3) is 11.8 Å². The van der Waals surface area contributed by atoms with Gasteiger partial charge in [-0.05, 0) is 20.0 Å². The summed E-state index contributed by atoms with van der Waals surface area (Å²) in [7, 11) is 1.80. The van der Waals surface area contributed by atoms with Gasteiger partial charge in [0.1, 0.15) is 0 Å². The Morgan fingerprint density at radius 2 is 2.13 bits per heavy atom. The summed E-state index contributed by atoms with van der Waals surface area (Å²) in [6.07, 6.45) is 0.700. The van der Waals surface area contributed by atoms with E-state index in [1.165, 1.54) is 0 Å². The van der Waals surface area contributed by atoms with Crippen LogP contribution in [0.5, 0.6) is 0 Å². The number of nitrogens with two attached hydrogens (primary N) is 1. The predicted octanol–water partition coefficient (Wildman–Crippen LogP) is -1.80. The van der Waals surface area contributed by atoms with E-state index >= 15 is 0 Å². The third kappa shape index (κ3) is 2.45. The maximum Gasteiger partial charge on any atom is 0.295 e. The van der Waals surface area contributed by atoms with Gasteiger partial charge in [-0.3, -0.25) is 14.9 Å². The van der Waals surface area contributed by atoms with Gasteiger partial charge in [0.15, 0.2) is 5.70 Å². The summed E-state index contributed by atoms with van der Waals surface area (Å²) >= 11 is 0. The van der Waals surface area contributed by atoms with Crippen LogP contribution in [0.15, 0.2) is 11.5 Å². The number of hydrogen-bond acceptors (Lipinski definition) is 6. The summed E-state index contributed by atoms with van der Waals surface area (Å²) in [5.41, 5.74) is -0.170. The van der Waals surface area contributed by atoms with Crippen molar-refractivity contribution in [3.63, 3.8) is 0 Å². The number of hydrazine groups is 1. The smallest absolute Gasteiger partial charge is 0.295 e. The zero-order valence-corrected chi connectivity index (χ0v) is 8.41. The molecule has 0 aromatic carbocycles. The fourth-order valence-corrected chi connectivity index (χ4v) is 1.24. The number of nitrogens with zero attached hydrogens (tertiary/aromatic N) is 1. The highest BCUT2D eigenvalue weighted by molar-refractivity contribution is 6.17. The highest BCUT2D eigenvalue weighted by Gasteiger charge is 2.32.